The molecular formula is C26H34N4O3. The molecule has 7 nitrogen and oxygen atoms in total. The molecule has 7 heteroatoms. The van der Waals surface area contributed by atoms with Crippen molar-refractivity contribution in [2.75, 3.05) is 45.2 Å². The Kier molecular flexibility index (Phi) is 7.83. The van der Waals surface area contributed by atoms with E-state index in [1.54, 1.807) is 12.0 Å². The molecule has 3 amide bonds. The van der Waals surface area contributed by atoms with Gasteiger partial charge in [0.15, 0.2) is 0 Å². The van der Waals surface area contributed by atoms with Gasteiger partial charge < -0.3 is 20.3 Å². The Morgan fingerprint density at radius 3 is 2.42 bits per heavy atom. The van der Waals surface area contributed by atoms with Gasteiger partial charge in [0.1, 0.15) is 5.75 Å². The van der Waals surface area contributed by atoms with E-state index in [4.69, 9.17) is 4.74 Å². The first-order valence-corrected chi connectivity index (χ1v) is 11.9. The molecule has 0 bridgehead atoms. The van der Waals surface area contributed by atoms with Crippen LogP contribution in [0.25, 0.3) is 0 Å². The molecule has 0 spiro atoms. The number of urea groups is 1. The molecule has 2 saturated heterocycles. The number of ether oxygens (including phenoxy) is 1. The molecule has 4 rings (SSSR count). The van der Waals surface area contributed by atoms with Crippen molar-refractivity contribution >= 4 is 17.6 Å². The van der Waals surface area contributed by atoms with Gasteiger partial charge >= 0.3 is 6.03 Å². The molecular weight excluding hydrogens is 416 g/mol. The fraction of sp³-hybridized carbons (Fsp3) is 0.462. The summed E-state index contributed by atoms with van der Waals surface area (Å²) in [5.41, 5.74) is 1.95. The average Bonchev–Trinajstić information content (AvgIpc) is 3.40. The molecule has 2 aromatic rings. The highest BCUT2D eigenvalue weighted by Gasteiger charge is 2.30. The van der Waals surface area contributed by atoms with Gasteiger partial charge in [0.05, 0.1) is 19.1 Å². The van der Waals surface area contributed by atoms with Crippen LogP contribution in [0.5, 0.6) is 5.75 Å². The maximum absolute atomic E-state index is 13.1. The molecule has 0 aromatic heterocycles. The van der Waals surface area contributed by atoms with Crippen molar-refractivity contribution < 1.29 is 14.3 Å². The Bertz CT molecular complexity index is 913. The summed E-state index contributed by atoms with van der Waals surface area (Å²) < 4.78 is 5.30. The van der Waals surface area contributed by atoms with Gasteiger partial charge in [0.2, 0.25) is 5.91 Å². The van der Waals surface area contributed by atoms with E-state index in [1.165, 1.54) is 18.4 Å². The van der Waals surface area contributed by atoms with Gasteiger partial charge in [0.25, 0.3) is 0 Å². The summed E-state index contributed by atoms with van der Waals surface area (Å²) in [6, 6.07) is 17.5. The molecule has 2 aromatic carbocycles. The van der Waals surface area contributed by atoms with Crippen molar-refractivity contribution in [2.24, 2.45) is 5.92 Å². The summed E-state index contributed by atoms with van der Waals surface area (Å²) in [6.07, 6.45) is 4.01. The molecule has 176 valence electrons. The number of hydrogen-bond donors (Lipinski definition) is 2. The van der Waals surface area contributed by atoms with Gasteiger partial charge in [-0.05, 0) is 68.6 Å². The molecule has 0 radical (unpaired) electrons. The van der Waals surface area contributed by atoms with Crippen molar-refractivity contribution in [2.45, 2.75) is 31.7 Å². The van der Waals surface area contributed by atoms with Crippen LogP contribution in [0.3, 0.4) is 0 Å². The van der Waals surface area contributed by atoms with Gasteiger partial charge in [0, 0.05) is 25.3 Å². The first kappa shape index (κ1) is 23.1. The standard InChI is InChI=1S/C26H34N4O3/c1-33-23-13-11-20(12-14-23)24(29-15-5-6-16-29)18-27-25(31)21-8-7-17-30(19-21)26(32)28-22-9-3-2-4-10-22/h2-4,9-14,21,24H,5-8,15-19H2,1H3,(H,27,31)(H,28,32). The molecule has 2 unspecified atom stereocenters. The van der Waals surface area contributed by atoms with Gasteiger partial charge in [-0.1, -0.05) is 30.3 Å². The van der Waals surface area contributed by atoms with E-state index in [2.05, 4.69) is 27.7 Å². The summed E-state index contributed by atoms with van der Waals surface area (Å²) in [5, 5.41) is 6.12. The summed E-state index contributed by atoms with van der Waals surface area (Å²) in [6.45, 7) is 3.77. The van der Waals surface area contributed by atoms with Crippen molar-refractivity contribution in [1.82, 2.24) is 15.1 Å². The highest BCUT2D eigenvalue weighted by molar-refractivity contribution is 5.90. The van der Waals surface area contributed by atoms with Gasteiger partial charge in [-0.25, -0.2) is 4.79 Å². The van der Waals surface area contributed by atoms with Crippen LogP contribution in [0.1, 0.15) is 37.3 Å². The largest absolute Gasteiger partial charge is 0.497 e. The zero-order valence-corrected chi connectivity index (χ0v) is 19.3. The quantitative estimate of drug-likeness (QED) is 0.671. The lowest BCUT2D eigenvalue weighted by atomic mass is 9.97. The topological polar surface area (TPSA) is 73.9 Å². The maximum atomic E-state index is 13.1. The third kappa shape index (κ3) is 6.05. The van der Waals surface area contributed by atoms with Crippen LogP contribution in [0.2, 0.25) is 0 Å². The number of likely N-dealkylation sites (tertiary alicyclic amines) is 2. The number of hydrogen-bond acceptors (Lipinski definition) is 4. The van der Waals surface area contributed by atoms with E-state index in [-0.39, 0.29) is 23.9 Å². The molecule has 0 aliphatic carbocycles. The lowest BCUT2D eigenvalue weighted by molar-refractivity contribution is -0.126. The van der Waals surface area contributed by atoms with Gasteiger partial charge in [-0.2, -0.15) is 0 Å². The van der Waals surface area contributed by atoms with Crippen LogP contribution in [-0.2, 0) is 4.79 Å². The molecule has 2 fully saturated rings. The number of methoxy groups -OCH3 is 1. The molecule has 0 saturated carbocycles. The SMILES string of the molecule is COc1ccc(C(CNC(=O)C2CCCN(C(=O)Nc3ccccc3)C2)N2CCCC2)cc1. The minimum atomic E-state index is -0.185. The summed E-state index contributed by atoms with van der Waals surface area (Å²) in [5.74, 6) is 0.680. The van der Waals surface area contributed by atoms with Crippen molar-refractivity contribution in [3.63, 3.8) is 0 Å². The predicted molar refractivity (Wildman–Crippen MR) is 129 cm³/mol. The molecule has 2 aliphatic rings. The molecule has 2 atom stereocenters. The maximum Gasteiger partial charge on any atom is 0.321 e. The number of benzene rings is 2. The van der Waals surface area contributed by atoms with Gasteiger partial charge in [-0.3, -0.25) is 9.69 Å². The van der Waals surface area contributed by atoms with E-state index >= 15 is 0 Å². The molecule has 33 heavy (non-hydrogen) atoms. The zero-order chi connectivity index (χ0) is 23.0. The number of para-hydroxylation sites is 1. The van der Waals surface area contributed by atoms with Gasteiger partial charge in [-0.15, -0.1) is 0 Å². The number of nitrogens with zero attached hydrogens (tertiary/aromatic N) is 2. The minimum Gasteiger partial charge on any atom is -0.497 e. The molecule has 2 N–H and O–H groups in total. The van der Waals surface area contributed by atoms with Crippen LogP contribution in [-0.4, -0.2) is 61.6 Å². The van der Waals surface area contributed by atoms with E-state index < -0.39 is 0 Å². The molecule has 2 heterocycles. The fourth-order valence-electron chi connectivity index (χ4n) is 4.78. The minimum absolute atomic E-state index is 0.0323. The predicted octanol–water partition coefficient (Wildman–Crippen LogP) is 3.89. The third-order valence-corrected chi connectivity index (χ3v) is 6.66. The number of anilines is 1. The lowest BCUT2D eigenvalue weighted by Gasteiger charge is -2.33. The van der Waals surface area contributed by atoms with E-state index in [1.807, 2.05) is 42.5 Å². The highest BCUT2D eigenvalue weighted by atomic mass is 16.5. The Morgan fingerprint density at radius 1 is 1.00 bits per heavy atom. The Labute approximate surface area is 196 Å². The van der Waals surface area contributed by atoms with Crippen LogP contribution < -0.4 is 15.4 Å². The Morgan fingerprint density at radius 2 is 1.73 bits per heavy atom. The average molecular weight is 451 g/mol. The van der Waals surface area contributed by atoms with Crippen molar-refractivity contribution in [3.8, 4) is 5.75 Å². The second kappa shape index (κ2) is 11.2. The third-order valence-electron chi connectivity index (χ3n) is 6.66. The monoisotopic (exact) mass is 450 g/mol. The number of amides is 3. The second-order valence-corrected chi connectivity index (χ2v) is 8.86. The van der Waals surface area contributed by atoms with Crippen LogP contribution >= 0.6 is 0 Å². The zero-order valence-electron chi connectivity index (χ0n) is 19.3. The summed E-state index contributed by atoms with van der Waals surface area (Å²) in [7, 11) is 1.67. The van der Waals surface area contributed by atoms with E-state index in [0.717, 1.165) is 37.4 Å². The number of carbonyl (C=O) groups is 2. The number of carbonyl (C=O) groups excluding carboxylic acids is 2. The highest BCUT2D eigenvalue weighted by Crippen LogP contribution is 2.27. The lowest BCUT2D eigenvalue weighted by Crippen LogP contribution is -2.48. The van der Waals surface area contributed by atoms with E-state index in [9.17, 15) is 9.59 Å². The smallest absolute Gasteiger partial charge is 0.321 e. The normalized spacial score (nSPS) is 19.7. The van der Waals surface area contributed by atoms with Crippen molar-refractivity contribution in [3.05, 3.63) is 60.2 Å². The number of piperidine rings is 1. The van der Waals surface area contributed by atoms with E-state index in [0.29, 0.717) is 19.6 Å². The second-order valence-electron chi connectivity index (χ2n) is 8.86. The fourth-order valence-corrected chi connectivity index (χ4v) is 4.78. The Hall–Kier alpha value is -3.06. The number of nitrogens with one attached hydrogen (secondary N) is 2. The van der Waals surface area contributed by atoms with Crippen molar-refractivity contribution in [1.29, 1.82) is 0 Å². The molecule has 2 aliphatic heterocycles. The first-order valence-electron chi connectivity index (χ1n) is 11.9. The summed E-state index contributed by atoms with van der Waals surface area (Å²) in [4.78, 5) is 29.9. The first-order chi connectivity index (χ1) is 16.1. The summed E-state index contributed by atoms with van der Waals surface area (Å²) >= 11 is 0. The van der Waals surface area contributed by atoms with Crippen LogP contribution in [0.15, 0.2) is 54.6 Å². The number of rotatable bonds is 7. The van der Waals surface area contributed by atoms with Crippen LogP contribution in [0.4, 0.5) is 10.5 Å². The van der Waals surface area contributed by atoms with Crippen LogP contribution in [0, 0.1) is 5.92 Å². The Balaban J connectivity index is 1.34.